The van der Waals surface area contributed by atoms with E-state index in [2.05, 4.69) is 4.74 Å². The van der Waals surface area contributed by atoms with E-state index in [9.17, 15) is 19.5 Å². The number of ether oxygens (including phenoxy) is 2. The van der Waals surface area contributed by atoms with Gasteiger partial charge in [-0.3, -0.25) is 14.5 Å². The molecular weight excluding hydrogens is 338 g/mol. The number of aromatic hydroxyl groups is 1. The van der Waals surface area contributed by atoms with Crippen molar-refractivity contribution in [3.63, 3.8) is 0 Å². The van der Waals surface area contributed by atoms with E-state index < -0.39 is 29.6 Å². The normalized spacial score (nSPS) is 13.5. The molecule has 144 valence electrons. The van der Waals surface area contributed by atoms with E-state index in [0.29, 0.717) is 5.56 Å². The van der Waals surface area contributed by atoms with Gasteiger partial charge in [0.2, 0.25) is 0 Å². The first-order chi connectivity index (χ1) is 12.0. The van der Waals surface area contributed by atoms with E-state index in [-0.39, 0.29) is 18.0 Å². The van der Waals surface area contributed by atoms with Gasteiger partial charge in [-0.2, -0.15) is 0 Å². The predicted molar refractivity (Wildman–Crippen MR) is 95.6 cm³/mol. The number of likely N-dealkylation sites (N-methyl/N-ethyl adjacent to an activating group) is 1. The minimum Gasteiger partial charge on any atom is -0.508 e. The molecule has 0 aliphatic carbocycles. The molecule has 1 amide bonds. The van der Waals surface area contributed by atoms with Crippen LogP contribution in [0.3, 0.4) is 0 Å². The highest BCUT2D eigenvalue weighted by Crippen LogP contribution is 2.27. The van der Waals surface area contributed by atoms with Gasteiger partial charge in [0.1, 0.15) is 17.4 Å². The van der Waals surface area contributed by atoms with Gasteiger partial charge in [-0.15, -0.1) is 0 Å². The van der Waals surface area contributed by atoms with Gasteiger partial charge in [0.05, 0.1) is 13.0 Å². The number of benzene rings is 1. The smallest absolute Gasteiger partial charge is 0.410 e. The van der Waals surface area contributed by atoms with Crippen LogP contribution in [-0.4, -0.2) is 47.6 Å². The summed E-state index contributed by atoms with van der Waals surface area (Å²) in [4.78, 5) is 38.1. The SMILES string of the molecule is COC(=O)[C@H](C)CC(=O)[C@H](c1ccc(O)cc1)N(C)C(=O)OC(C)(C)C. The molecule has 0 bridgehead atoms. The van der Waals surface area contributed by atoms with Crippen LogP contribution >= 0.6 is 0 Å². The fourth-order valence-electron chi connectivity index (χ4n) is 2.42. The Kier molecular flexibility index (Phi) is 7.18. The zero-order valence-corrected chi connectivity index (χ0v) is 16.1. The molecule has 1 aromatic rings. The molecule has 1 aromatic carbocycles. The monoisotopic (exact) mass is 365 g/mol. The Morgan fingerprint density at radius 3 is 2.15 bits per heavy atom. The largest absolute Gasteiger partial charge is 0.508 e. The fraction of sp³-hybridized carbons (Fsp3) is 0.526. The lowest BCUT2D eigenvalue weighted by molar-refractivity contribution is -0.147. The van der Waals surface area contributed by atoms with Crippen molar-refractivity contribution in [2.45, 2.75) is 45.8 Å². The van der Waals surface area contributed by atoms with Gasteiger partial charge in [0, 0.05) is 13.5 Å². The summed E-state index contributed by atoms with van der Waals surface area (Å²) in [7, 11) is 2.72. The second-order valence-electron chi connectivity index (χ2n) is 7.18. The van der Waals surface area contributed by atoms with Gasteiger partial charge in [-0.1, -0.05) is 19.1 Å². The van der Waals surface area contributed by atoms with Gasteiger partial charge < -0.3 is 14.6 Å². The highest BCUT2D eigenvalue weighted by molar-refractivity contribution is 5.91. The predicted octanol–water partition coefficient (Wildman–Crippen LogP) is 3.07. The number of amides is 1. The number of phenols is 1. The Bertz CT molecular complexity index is 647. The fourth-order valence-corrected chi connectivity index (χ4v) is 2.42. The van der Waals surface area contributed by atoms with E-state index in [1.54, 1.807) is 39.8 Å². The third-order valence-electron chi connectivity index (χ3n) is 3.69. The summed E-state index contributed by atoms with van der Waals surface area (Å²) >= 11 is 0. The lowest BCUT2D eigenvalue weighted by Gasteiger charge is -2.30. The molecule has 0 heterocycles. The van der Waals surface area contributed by atoms with Crippen LogP contribution < -0.4 is 0 Å². The number of hydrogen-bond acceptors (Lipinski definition) is 6. The standard InChI is InChI=1S/C19H27NO6/c1-12(17(23)25-6)11-15(22)16(13-7-9-14(21)10-8-13)20(5)18(24)26-19(2,3)4/h7-10,12,16,21H,11H2,1-6H3/t12-,16+/m1/s1. The highest BCUT2D eigenvalue weighted by Gasteiger charge is 2.33. The number of hydrogen-bond donors (Lipinski definition) is 1. The Labute approximate surface area is 153 Å². The molecule has 1 rings (SSSR count). The third kappa shape index (κ3) is 6.06. The van der Waals surface area contributed by atoms with E-state index >= 15 is 0 Å². The van der Waals surface area contributed by atoms with Crippen LogP contribution in [0.25, 0.3) is 0 Å². The van der Waals surface area contributed by atoms with Gasteiger partial charge >= 0.3 is 12.1 Å². The van der Waals surface area contributed by atoms with Crippen molar-refractivity contribution in [2.24, 2.45) is 5.92 Å². The lowest BCUT2D eigenvalue weighted by atomic mass is 9.94. The second kappa shape index (κ2) is 8.69. The first-order valence-corrected chi connectivity index (χ1v) is 8.31. The molecule has 2 atom stereocenters. The van der Waals surface area contributed by atoms with E-state index in [1.807, 2.05) is 0 Å². The molecule has 0 aliphatic rings. The van der Waals surface area contributed by atoms with Gasteiger partial charge in [-0.25, -0.2) is 4.79 Å². The molecule has 1 N–H and O–H groups in total. The van der Waals surface area contributed by atoms with Crippen LogP contribution in [0, 0.1) is 5.92 Å². The topological polar surface area (TPSA) is 93.1 Å². The van der Waals surface area contributed by atoms with Crippen molar-refractivity contribution in [3.05, 3.63) is 29.8 Å². The number of rotatable bonds is 6. The summed E-state index contributed by atoms with van der Waals surface area (Å²) in [6.45, 7) is 6.78. The molecule has 0 saturated carbocycles. The number of nitrogens with zero attached hydrogens (tertiary/aromatic N) is 1. The molecule has 7 nitrogen and oxygen atoms in total. The van der Waals surface area contributed by atoms with Crippen LogP contribution in [0.4, 0.5) is 4.79 Å². The number of methoxy groups -OCH3 is 1. The van der Waals surface area contributed by atoms with Crippen LogP contribution in [0.15, 0.2) is 24.3 Å². The first-order valence-electron chi connectivity index (χ1n) is 8.31. The molecule has 0 aromatic heterocycles. The number of carbonyl (C=O) groups is 3. The van der Waals surface area contributed by atoms with Crippen molar-refractivity contribution in [3.8, 4) is 5.75 Å². The quantitative estimate of drug-likeness (QED) is 0.779. The molecule has 0 aliphatic heterocycles. The Morgan fingerprint density at radius 1 is 1.15 bits per heavy atom. The average molecular weight is 365 g/mol. The number of Topliss-reactive ketones (excluding diaryl/α,β-unsaturated/α-hetero) is 1. The molecule has 0 fully saturated rings. The minimum absolute atomic E-state index is 0.0443. The van der Waals surface area contributed by atoms with Crippen molar-refractivity contribution in [2.75, 3.05) is 14.2 Å². The number of carbonyl (C=O) groups excluding carboxylic acids is 3. The third-order valence-corrected chi connectivity index (χ3v) is 3.69. The van der Waals surface area contributed by atoms with Gasteiger partial charge in [0.25, 0.3) is 0 Å². The molecule has 26 heavy (non-hydrogen) atoms. The summed E-state index contributed by atoms with van der Waals surface area (Å²) in [5, 5.41) is 9.48. The second-order valence-corrected chi connectivity index (χ2v) is 7.18. The van der Waals surface area contributed by atoms with E-state index in [1.165, 1.54) is 31.2 Å². The number of ketones is 1. The maximum absolute atomic E-state index is 12.9. The maximum Gasteiger partial charge on any atom is 0.410 e. The van der Waals surface area contributed by atoms with Crippen LogP contribution in [0.5, 0.6) is 5.75 Å². The number of phenolic OH excluding ortho intramolecular Hbond substituents is 1. The summed E-state index contributed by atoms with van der Waals surface area (Å²) in [6, 6.07) is 5.03. The van der Waals surface area contributed by atoms with E-state index in [4.69, 9.17) is 4.74 Å². The van der Waals surface area contributed by atoms with Crippen LogP contribution in [0.2, 0.25) is 0 Å². The van der Waals surface area contributed by atoms with Crippen molar-refractivity contribution in [1.82, 2.24) is 4.90 Å². The van der Waals surface area contributed by atoms with Crippen molar-refractivity contribution in [1.29, 1.82) is 0 Å². The summed E-state index contributed by atoms with van der Waals surface area (Å²) in [5.74, 6) is -1.42. The van der Waals surface area contributed by atoms with Crippen molar-refractivity contribution < 1.29 is 29.0 Å². The van der Waals surface area contributed by atoms with Gasteiger partial charge in [0.15, 0.2) is 5.78 Å². The molecule has 0 radical (unpaired) electrons. The molecule has 0 saturated heterocycles. The number of esters is 1. The first kappa shape index (κ1) is 21.5. The zero-order valence-electron chi connectivity index (χ0n) is 16.1. The zero-order chi connectivity index (χ0) is 20.1. The highest BCUT2D eigenvalue weighted by atomic mass is 16.6. The molecule has 0 unspecified atom stereocenters. The van der Waals surface area contributed by atoms with Gasteiger partial charge in [-0.05, 0) is 38.5 Å². The maximum atomic E-state index is 12.9. The lowest BCUT2D eigenvalue weighted by Crippen LogP contribution is -2.40. The van der Waals surface area contributed by atoms with Crippen LogP contribution in [0.1, 0.15) is 45.7 Å². The summed E-state index contributed by atoms with van der Waals surface area (Å²) in [6.07, 6.45) is -0.750. The molecule has 0 spiro atoms. The van der Waals surface area contributed by atoms with E-state index in [0.717, 1.165) is 0 Å². The Balaban J connectivity index is 3.13. The average Bonchev–Trinajstić information content (AvgIpc) is 2.54. The van der Waals surface area contributed by atoms with Crippen molar-refractivity contribution >= 4 is 17.8 Å². The summed E-state index contributed by atoms with van der Waals surface area (Å²) in [5.41, 5.74) is -0.203. The Morgan fingerprint density at radius 2 is 1.69 bits per heavy atom. The minimum atomic E-state index is -0.947. The van der Waals surface area contributed by atoms with Crippen LogP contribution in [-0.2, 0) is 19.1 Å². The molecular formula is C19H27NO6. The molecule has 7 heteroatoms. The summed E-state index contributed by atoms with van der Waals surface area (Å²) < 4.78 is 10.0. The Hall–Kier alpha value is -2.57.